The number of nitrogens with zero attached hydrogens (tertiary/aromatic N) is 1. The van der Waals surface area contributed by atoms with E-state index in [4.69, 9.17) is 4.74 Å². The molecule has 1 aliphatic heterocycles. The first-order chi connectivity index (χ1) is 11.6. The fourth-order valence-electron chi connectivity index (χ4n) is 2.75. The molecule has 0 aromatic heterocycles. The molecule has 0 unspecified atom stereocenters. The molecule has 0 atom stereocenters. The first-order valence-electron chi connectivity index (χ1n) is 8.48. The second-order valence-corrected chi connectivity index (χ2v) is 6.54. The molecule has 1 aliphatic rings. The maximum absolute atomic E-state index is 12.2. The molecule has 0 fully saturated rings. The smallest absolute Gasteiger partial charge is 0.265 e. The molecule has 1 heterocycles. The van der Waals surface area contributed by atoms with Gasteiger partial charge in [0.1, 0.15) is 5.75 Å². The summed E-state index contributed by atoms with van der Waals surface area (Å²) in [5.74, 6) is 1.38. The zero-order valence-electron chi connectivity index (χ0n) is 14.3. The minimum absolute atomic E-state index is 0.0353. The highest BCUT2D eigenvalue weighted by atomic mass is 16.5. The minimum atomic E-state index is 0.0353. The lowest BCUT2D eigenvalue weighted by Gasteiger charge is -2.30. The van der Waals surface area contributed by atoms with E-state index in [1.54, 1.807) is 0 Å². The third-order valence-electron chi connectivity index (χ3n) is 4.17. The highest BCUT2D eigenvalue weighted by molar-refractivity contribution is 5.98. The van der Waals surface area contributed by atoms with Crippen LogP contribution in [0, 0.1) is 5.92 Å². The van der Waals surface area contributed by atoms with Crippen LogP contribution in [0.25, 0.3) is 0 Å². The third kappa shape index (κ3) is 3.88. The van der Waals surface area contributed by atoms with E-state index in [0.29, 0.717) is 5.92 Å². The lowest BCUT2D eigenvalue weighted by molar-refractivity contribution is -0.121. The molecule has 2 aromatic carbocycles. The van der Waals surface area contributed by atoms with Crippen molar-refractivity contribution in [1.82, 2.24) is 0 Å². The van der Waals surface area contributed by atoms with Crippen molar-refractivity contribution in [3.8, 4) is 5.75 Å². The summed E-state index contributed by atoms with van der Waals surface area (Å²) in [7, 11) is 0. The summed E-state index contributed by atoms with van der Waals surface area (Å²) < 4.78 is 5.63. The molecular weight excluding hydrogens is 300 g/mol. The van der Waals surface area contributed by atoms with E-state index >= 15 is 0 Å². The van der Waals surface area contributed by atoms with E-state index < -0.39 is 0 Å². The van der Waals surface area contributed by atoms with Gasteiger partial charge in [-0.2, -0.15) is 0 Å². The lowest BCUT2D eigenvalue weighted by Crippen LogP contribution is -2.39. The van der Waals surface area contributed by atoms with Crippen molar-refractivity contribution in [3.63, 3.8) is 0 Å². The molecule has 24 heavy (non-hydrogen) atoms. The zero-order chi connectivity index (χ0) is 16.9. The highest BCUT2D eigenvalue weighted by Gasteiger charge is 2.25. The highest BCUT2D eigenvalue weighted by Crippen LogP contribution is 2.35. The second kappa shape index (κ2) is 7.39. The largest absolute Gasteiger partial charge is 0.481 e. The molecule has 0 bridgehead atoms. The van der Waals surface area contributed by atoms with Crippen LogP contribution in [-0.2, 0) is 11.3 Å². The topological polar surface area (TPSA) is 41.6 Å². The molecule has 126 valence electrons. The number of carbonyl (C=O) groups is 1. The van der Waals surface area contributed by atoms with E-state index in [-0.39, 0.29) is 12.5 Å². The Bertz CT molecular complexity index is 698. The number of fused-ring (bicyclic) bond motifs is 1. The third-order valence-corrected chi connectivity index (χ3v) is 4.17. The Morgan fingerprint density at radius 2 is 1.96 bits per heavy atom. The molecule has 2 aromatic rings. The molecule has 0 aliphatic carbocycles. The van der Waals surface area contributed by atoms with Crippen molar-refractivity contribution in [2.75, 3.05) is 23.4 Å². The van der Waals surface area contributed by atoms with Crippen molar-refractivity contribution in [2.24, 2.45) is 5.92 Å². The first kappa shape index (κ1) is 16.4. The fraction of sp³-hybridized carbons (Fsp3) is 0.350. The molecule has 1 N–H and O–H groups in total. The molecule has 3 rings (SSSR count). The molecule has 4 nitrogen and oxygen atoms in total. The number of ether oxygens (including phenoxy) is 1. The van der Waals surface area contributed by atoms with Crippen molar-refractivity contribution in [3.05, 3.63) is 54.1 Å². The average Bonchev–Trinajstić information content (AvgIpc) is 2.60. The van der Waals surface area contributed by atoms with E-state index in [9.17, 15) is 4.79 Å². The van der Waals surface area contributed by atoms with Gasteiger partial charge in [0.05, 0.1) is 5.69 Å². The summed E-state index contributed by atoms with van der Waals surface area (Å²) in [6, 6.07) is 16.2. The van der Waals surface area contributed by atoms with Crippen molar-refractivity contribution in [1.29, 1.82) is 0 Å². The zero-order valence-corrected chi connectivity index (χ0v) is 14.3. The summed E-state index contributed by atoms with van der Waals surface area (Å²) in [5.41, 5.74) is 3.10. The van der Waals surface area contributed by atoms with E-state index in [1.807, 2.05) is 41.3 Å². The maximum atomic E-state index is 12.2. The molecule has 4 heteroatoms. The first-order valence-corrected chi connectivity index (χ1v) is 8.48. The molecule has 0 saturated heterocycles. The lowest BCUT2D eigenvalue weighted by atomic mass is 10.1. The molecular formula is C20H24N2O2. The van der Waals surface area contributed by atoms with Gasteiger partial charge in [-0.05, 0) is 30.0 Å². The average molecular weight is 324 g/mol. The number of carbonyl (C=O) groups excluding carboxylic acids is 1. The number of benzene rings is 2. The predicted molar refractivity (Wildman–Crippen MR) is 97.5 cm³/mol. The van der Waals surface area contributed by atoms with Crippen LogP contribution in [0.1, 0.15) is 25.8 Å². The summed E-state index contributed by atoms with van der Waals surface area (Å²) in [5, 5.41) is 3.40. The number of amides is 1. The Labute approximate surface area is 143 Å². The van der Waals surface area contributed by atoms with Crippen LogP contribution in [0.3, 0.4) is 0 Å². The quantitative estimate of drug-likeness (QED) is 0.871. The van der Waals surface area contributed by atoms with Crippen LogP contribution >= 0.6 is 0 Å². The van der Waals surface area contributed by atoms with Gasteiger partial charge in [-0.25, -0.2) is 0 Å². The Balaban J connectivity index is 1.72. The van der Waals surface area contributed by atoms with E-state index in [1.165, 1.54) is 5.56 Å². The van der Waals surface area contributed by atoms with Gasteiger partial charge in [0.2, 0.25) is 0 Å². The minimum Gasteiger partial charge on any atom is -0.481 e. The SMILES string of the molecule is CC(C)CCN1C(=O)COc2cc(NCc3ccccc3)ccc21. The van der Waals surface area contributed by atoms with Crippen LogP contribution < -0.4 is 15.0 Å². The van der Waals surface area contributed by atoms with Crippen molar-refractivity contribution < 1.29 is 9.53 Å². The van der Waals surface area contributed by atoms with Crippen molar-refractivity contribution in [2.45, 2.75) is 26.8 Å². The monoisotopic (exact) mass is 324 g/mol. The number of hydrogen-bond donors (Lipinski definition) is 1. The van der Waals surface area contributed by atoms with Gasteiger partial charge >= 0.3 is 0 Å². The van der Waals surface area contributed by atoms with E-state index in [2.05, 4.69) is 31.3 Å². The number of anilines is 2. The Hall–Kier alpha value is -2.49. The van der Waals surface area contributed by atoms with Gasteiger partial charge in [-0.3, -0.25) is 4.79 Å². The molecule has 0 radical (unpaired) electrons. The maximum Gasteiger partial charge on any atom is 0.265 e. The van der Waals surface area contributed by atoms with Gasteiger partial charge in [0.15, 0.2) is 6.61 Å². The van der Waals surface area contributed by atoms with Gasteiger partial charge < -0.3 is 15.0 Å². The predicted octanol–water partition coefficient (Wildman–Crippen LogP) is 4.07. The summed E-state index contributed by atoms with van der Waals surface area (Å²) in [6.45, 7) is 5.96. The molecule has 0 saturated carbocycles. The van der Waals surface area contributed by atoms with E-state index in [0.717, 1.165) is 36.6 Å². The van der Waals surface area contributed by atoms with Gasteiger partial charge in [0, 0.05) is 24.8 Å². The van der Waals surface area contributed by atoms with Crippen LogP contribution in [0.4, 0.5) is 11.4 Å². The number of rotatable bonds is 6. The fourth-order valence-corrected chi connectivity index (χ4v) is 2.75. The molecule has 0 spiro atoms. The van der Waals surface area contributed by atoms with Gasteiger partial charge in [-0.1, -0.05) is 44.2 Å². The van der Waals surface area contributed by atoms with Gasteiger partial charge in [0.25, 0.3) is 5.91 Å². The summed E-state index contributed by atoms with van der Waals surface area (Å²) in [6.07, 6.45) is 0.985. The Morgan fingerprint density at radius 1 is 1.17 bits per heavy atom. The van der Waals surface area contributed by atoms with Crippen LogP contribution in [0.5, 0.6) is 5.75 Å². The summed E-state index contributed by atoms with van der Waals surface area (Å²) >= 11 is 0. The summed E-state index contributed by atoms with van der Waals surface area (Å²) in [4.78, 5) is 14.0. The van der Waals surface area contributed by atoms with Crippen LogP contribution in [0.2, 0.25) is 0 Å². The number of nitrogens with one attached hydrogen (secondary N) is 1. The second-order valence-electron chi connectivity index (χ2n) is 6.54. The standard InChI is InChI=1S/C20H24N2O2/c1-15(2)10-11-22-18-9-8-17(12-19(18)24-14-20(22)23)21-13-16-6-4-3-5-7-16/h3-9,12,15,21H,10-11,13-14H2,1-2H3. The Morgan fingerprint density at radius 3 is 2.71 bits per heavy atom. The normalized spacial score (nSPS) is 13.6. The number of hydrogen-bond acceptors (Lipinski definition) is 3. The van der Waals surface area contributed by atoms with Crippen LogP contribution in [0.15, 0.2) is 48.5 Å². The van der Waals surface area contributed by atoms with Gasteiger partial charge in [-0.15, -0.1) is 0 Å². The van der Waals surface area contributed by atoms with Crippen molar-refractivity contribution >= 4 is 17.3 Å². The molecule has 1 amide bonds. The Kier molecular flexibility index (Phi) is 5.04. The van der Waals surface area contributed by atoms with Crippen LogP contribution in [-0.4, -0.2) is 19.1 Å².